The smallest absolute Gasteiger partial charge is 0.252 e. The molecule has 0 aromatic carbocycles. The lowest BCUT2D eigenvalue weighted by Gasteiger charge is -2.40. The van der Waals surface area contributed by atoms with Crippen molar-refractivity contribution < 1.29 is 14.3 Å². The van der Waals surface area contributed by atoms with Gasteiger partial charge in [-0.15, -0.1) is 0 Å². The van der Waals surface area contributed by atoms with Gasteiger partial charge in [0.05, 0.1) is 19.8 Å². The number of carbonyl (C=O) groups is 1. The fourth-order valence-electron chi connectivity index (χ4n) is 2.59. The highest BCUT2D eigenvalue weighted by atomic mass is 79.9. The van der Waals surface area contributed by atoms with Crippen LogP contribution in [0.5, 0.6) is 0 Å². The highest BCUT2D eigenvalue weighted by Crippen LogP contribution is 2.33. The number of ether oxygens (including phenoxy) is 2. The summed E-state index contributed by atoms with van der Waals surface area (Å²) in [6.07, 6.45) is 3.99. The minimum absolute atomic E-state index is 0.0243. The Morgan fingerprint density at radius 3 is 2.67 bits per heavy atom. The number of alkyl halides is 1. The van der Waals surface area contributed by atoms with E-state index >= 15 is 0 Å². The van der Waals surface area contributed by atoms with Gasteiger partial charge in [-0.1, -0.05) is 22.9 Å². The maximum atomic E-state index is 12.2. The van der Waals surface area contributed by atoms with Crippen LogP contribution < -0.4 is 5.32 Å². The lowest BCUT2D eigenvalue weighted by Crippen LogP contribution is -2.56. The Morgan fingerprint density at radius 2 is 2.11 bits per heavy atom. The zero-order valence-corrected chi connectivity index (χ0v) is 12.5. The molecule has 1 heterocycles. The molecule has 1 aliphatic carbocycles. The van der Waals surface area contributed by atoms with E-state index in [1.165, 1.54) is 12.8 Å². The number of hydrogen-bond acceptors (Lipinski definition) is 3. The Morgan fingerprint density at radius 1 is 1.39 bits per heavy atom. The highest BCUT2D eigenvalue weighted by Gasteiger charge is 2.36. The number of rotatable bonds is 3. The van der Waals surface area contributed by atoms with Crippen molar-refractivity contribution in [3.8, 4) is 0 Å². The van der Waals surface area contributed by atoms with Crippen molar-refractivity contribution >= 4 is 21.8 Å². The summed E-state index contributed by atoms with van der Waals surface area (Å²) < 4.78 is 10.7. The van der Waals surface area contributed by atoms with Gasteiger partial charge in [0.2, 0.25) is 0 Å². The average Bonchev–Trinajstić information content (AvgIpc) is 2.43. The molecule has 5 heteroatoms. The molecule has 2 rings (SSSR count). The van der Waals surface area contributed by atoms with Gasteiger partial charge in [-0.25, -0.2) is 0 Å². The van der Waals surface area contributed by atoms with Crippen molar-refractivity contribution in [2.45, 2.75) is 44.2 Å². The molecule has 2 fully saturated rings. The van der Waals surface area contributed by atoms with Crippen LogP contribution in [0, 0.1) is 5.92 Å². The summed E-state index contributed by atoms with van der Waals surface area (Å²) in [5, 5.41) is 3.99. The van der Waals surface area contributed by atoms with Crippen LogP contribution in [0.25, 0.3) is 0 Å². The van der Waals surface area contributed by atoms with E-state index in [1.807, 2.05) is 0 Å². The van der Waals surface area contributed by atoms with E-state index in [9.17, 15) is 4.79 Å². The van der Waals surface area contributed by atoms with Crippen LogP contribution >= 0.6 is 15.9 Å². The molecule has 1 saturated carbocycles. The first kappa shape index (κ1) is 14.3. The highest BCUT2D eigenvalue weighted by molar-refractivity contribution is 9.09. The molecule has 2 aliphatic rings. The fourth-order valence-corrected chi connectivity index (χ4v) is 3.29. The summed E-state index contributed by atoms with van der Waals surface area (Å²) in [6, 6.07) is 0. The van der Waals surface area contributed by atoms with Crippen LogP contribution in [0.1, 0.15) is 32.6 Å². The van der Waals surface area contributed by atoms with Gasteiger partial charge in [0.25, 0.3) is 5.91 Å². The number of amides is 1. The summed E-state index contributed by atoms with van der Waals surface area (Å²) >= 11 is 3.55. The van der Waals surface area contributed by atoms with Gasteiger partial charge in [0.15, 0.2) is 6.10 Å². The molecule has 0 spiro atoms. The van der Waals surface area contributed by atoms with Gasteiger partial charge in [0.1, 0.15) is 0 Å². The number of nitrogens with one attached hydrogen (secondary N) is 1. The van der Waals surface area contributed by atoms with Crippen LogP contribution in [0.4, 0.5) is 0 Å². The van der Waals surface area contributed by atoms with Gasteiger partial charge in [-0.3, -0.25) is 4.79 Å². The van der Waals surface area contributed by atoms with Crippen molar-refractivity contribution in [2.24, 2.45) is 5.92 Å². The predicted octanol–water partition coefficient (Wildman–Crippen LogP) is 1.86. The van der Waals surface area contributed by atoms with Crippen molar-refractivity contribution in [1.82, 2.24) is 5.32 Å². The zero-order valence-electron chi connectivity index (χ0n) is 10.9. The maximum Gasteiger partial charge on any atom is 0.252 e. The first-order chi connectivity index (χ1) is 8.65. The Kier molecular flexibility index (Phi) is 5.04. The van der Waals surface area contributed by atoms with Crippen molar-refractivity contribution in [3.63, 3.8) is 0 Å². The second kappa shape index (κ2) is 6.35. The molecule has 1 atom stereocenters. The Hall–Kier alpha value is -0.130. The first-order valence-corrected chi connectivity index (χ1v) is 7.85. The van der Waals surface area contributed by atoms with Crippen LogP contribution in [-0.2, 0) is 14.3 Å². The number of hydrogen-bond donors (Lipinski definition) is 1. The summed E-state index contributed by atoms with van der Waals surface area (Å²) in [7, 11) is 0. The molecule has 1 amide bonds. The zero-order chi connectivity index (χ0) is 13.0. The molecule has 0 bridgehead atoms. The van der Waals surface area contributed by atoms with Gasteiger partial charge in [-0.2, -0.15) is 0 Å². The molecule has 1 saturated heterocycles. The van der Waals surface area contributed by atoms with E-state index in [2.05, 4.69) is 28.2 Å². The second-order valence-electron chi connectivity index (χ2n) is 5.52. The van der Waals surface area contributed by atoms with E-state index in [0.29, 0.717) is 19.8 Å². The van der Waals surface area contributed by atoms with E-state index < -0.39 is 6.10 Å². The molecule has 1 unspecified atom stereocenters. The van der Waals surface area contributed by atoms with Gasteiger partial charge in [0, 0.05) is 10.9 Å². The average molecular weight is 320 g/mol. The van der Waals surface area contributed by atoms with Crippen LogP contribution in [-0.4, -0.2) is 42.7 Å². The van der Waals surface area contributed by atoms with Crippen LogP contribution in [0.2, 0.25) is 0 Å². The van der Waals surface area contributed by atoms with Gasteiger partial charge < -0.3 is 14.8 Å². The summed E-state index contributed by atoms with van der Waals surface area (Å²) in [5.74, 6) is 0.743. The third-order valence-electron chi connectivity index (χ3n) is 3.98. The largest absolute Gasteiger partial charge is 0.376 e. The molecule has 1 N–H and O–H groups in total. The molecular weight excluding hydrogens is 298 g/mol. The Balaban J connectivity index is 1.90. The maximum absolute atomic E-state index is 12.2. The molecule has 4 nitrogen and oxygen atoms in total. The molecule has 0 aromatic heterocycles. The predicted molar refractivity (Wildman–Crippen MR) is 72.9 cm³/mol. The molecule has 0 radical (unpaired) electrons. The van der Waals surface area contributed by atoms with E-state index in [-0.39, 0.29) is 11.4 Å². The van der Waals surface area contributed by atoms with Gasteiger partial charge >= 0.3 is 0 Å². The normalized spacial score (nSPS) is 37.2. The monoisotopic (exact) mass is 319 g/mol. The fraction of sp³-hybridized carbons (Fsp3) is 0.923. The second-order valence-corrected chi connectivity index (χ2v) is 6.08. The van der Waals surface area contributed by atoms with Gasteiger partial charge in [-0.05, 0) is 31.6 Å². The minimum atomic E-state index is -0.436. The first-order valence-electron chi connectivity index (χ1n) is 6.72. The van der Waals surface area contributed by atoms with Crippen molar-refractivity contribution in [2.75, 3.05) is 25.2 Å². The molecular formula is C13H22BrNO3. The third-order valence-corrected chi connectivity index (χ3v) is 5.06. The third kappa shape index (κ3) is 3.45. The lowest BCUT2D eigenvalue weighted by atomic mass is 9.78. The minimum Gasteiger partial charge on any atom is -0.376 e. The van der Waals surface area contributed by atoms with Crippen LogP contribution in [0.3, 0.4) is 0 Å². The Bertz CT molecular complexity index is 284. The van der Waals surface area contributed by atoms with Crippen molar-refractivity contribution in [3.05, 3.63) is 0 Å². The summed E-state index contributed by atoms with van der Waals surface area (Å²) in [5.41, 5.74) is -0.0929. The standard InChI is InChI=1S/C13H22BrNO3/c1-10-2-4-13(9-14,5-3-10)15-12(16)11-8-17-6-7-18-11/h10-11H,2-9H2,1H3,(H,15,16). The molecule has 0 aromatic rings. The number of carbonyl (C=O) groups excluding carboxylic acids is 1. The SMILES string of the molecule is CC1CCC(CBr)(NC(=O)C2COCCO2)CC1. The van der Waals surface area contributed by atoms with E-state index in [1.54, 1.807) is 0 Å². The molecule has 18 heavy (non-hydrogen) atoms. The van der Waals surface area contributed by atoms with E-state index in [0.717, 1.165) is 24.1 Å². The topological polar surface area (TPSA) is 47.6 Å². The summed E-state index contributed by atoms with van der Waals surface area (Å²) in [4.78, 5) is 12.2. The molecule has 1 aliphatic heterocycles. The number of halogens is 1. The quantitative estimate of drug-likeness (QED) is 0.808. The Labute approximate surface area is 117 Å². The summed E-state index contributed by atoms with van der Waals surface area (Å²) in [6.45, 7) is 3.75. The van der Waals surface area contributed by atoms with Crippen LogP contribution in [0.15, 0.2) is 0 Å². The van der Waals surface area contributed by atoms with E-state index in [4.69, 9.17) is 9.47 Å². The molecule has 104 valence electrons. The lowest BCUT2D eigenvalue weighted by molar-refractivity contribution is -0.149. The van der Waals surface area contributed by atoms with Crippen molar-refractivity contribution in [1.29, 1.82) is 0 Å².